The molecule has 32 heavy (non-hydrogen) atoms. The fraction of sp³-hybridized carbons (Fsp3) is 0.789. The number of aliphatic hydroxyl groups excluding tert-OH is 3. The molecule has 2 fully saturated rings. The highest BCUT2D eigenvalue weighted by Gasteiger charge is 2.52. The number of carbonyl (C=O) groups is 2. The van der Waals surface area contributed by atoms with Gasteiger partial charge in [-0.05, 0) is 13.8 Å². The molecule has 0 radical (unpaired) electrons. The first-order chi connectivity index (χ1) is 15.0. The summed E-state index contributed by atoms with van der Waals surface area (Å²) < 4.78 is 26.9. The van der Waals surface area contributed by atoms with Crippen LogP contribution < -0.4 is 10.6 Å². The van der Waals surface area contributed by atoms with E-state index in [4.69, 9.17) is 23.7 Å². The zero-order chi connectivity index (χ0) is 24.2. The molecule has 2 aliphatic heterocycles. The van der Waals surface area contributed by atoms with Crippen LogP contribution in [-0.2, 0) is 28.5 Å². The van der Waals surface area contributed by atoms with Gasteiger partial charge in [0.15, 0.2) is 12.4 Å². The van der Waals surface area contributed by atoms with Crippen molar-refractivity contribution in [2.24, 2.45) is 0 Å². The molecular weight excluding hydrogens is 432 g/mol. The maximum Gasteiger partial charge on any atom is 0.406 e. The summed E-state index contributed by atoms with van der Waals surface area (Å²) in [6.45, 7) is 6.83. The molecule has 2 unspecified atom stereocenters. The van der Waals surface area contributed by atoms with E-state index in [-0.39, 0.29) is 6.61 Å². The van der Waals surface area contributed by atoms with Gasteiger partial charge in [-0.25, -0.2) is 9.59 Å². The number of rotatable bonds is 8. The van der Waals surface area contributed by atoms with E-state index in [1.807, 2.05) is 0 Å². The van der Waals surface area contributed by atoms with Crippen LogP contribution in [0.2, 0.25) is 0 Å². The van der Waals surface area contributed by atoms with Crippen molar-refractivity contribution in [1.29, 1.82) is 0 Å². The molecule has 2 rings (SSSR count). The number of carboxylic acids is 1. The summed E-state index contributed by atoms with van der Waals surface area (Å²) in [7, 11) is 2.55. The predicted molar refractivity (Wildman–Crippen MR) is 106 cm³/mol. The standard InChI is InChI=1S/C19H32N2O11/c1-7(2)21-10-8(3)30-9(6-29-19(27)20-4)11(22)14(10)31-18-13(24)12(23)15(28-5)16(32-18)17(25)26/h8-16,18,21-24H,1,6H2,2-5H3,(H,20,27)(H,25,26)/t8-,9-,10+,11?,12+,13-,14-,15?,16+,18-/m0/s1. The number of allylic oxidation sites excluding steroid dienone is 1. The Balaban J connectivity index is 2.26. The number of hydrogen-bond donors (Lipinski definition) is 6. The SMILES string of the molecule is C=C(C)N[C@@H]1[C@H](C)O[C@@H](COC(=O)NC)C(O)[C@H]1O[C@H]1O[C@@H](C(=O)O)C(OC)[C@H](O)[C@@H]1O. The average Bonchev–Trinajstić information content (AvgIpc) is 2.73. The second kappa shape index (κ2) is 11.2. The molecule has 0 saturated carbocycles. The van der Waals surface area contributed by atoms with Gasteiger partial charge in [0.25, 0.3) is 0 Å². The minimum absolute atomic E-state index is 0.301. The van der Waals surface area contributed by atoms with Gasteiger partial charge in [-0.1, -0.05) is 6.58 Å². The van der Waals surface area contributed by atoms with Crippen molar-refractivity contribution in [3.8, 4) is 0 Å². The number of nitrogens with one attached hydrogen (secondary N) is 2. The Bertz CT molecular complexity index is 678. The van der Waals surface area contributed by atoms with Crippen molar-refractivity contribution in [1.82, 2.24) is 10.6 Å². The largest absolute Gasteiger partial charge is 0.479 e. The molecule has 0 aromatic heterocycles. The van der Waals surface area contributed by atoms with Gasteiger partial charge in [0.1, 0.15) is 43.2 Å². The molecule has 13 nitrogen and oxygen atoms in total. The third-order valence-electron chi connectivity index (χ3n) is 5.31. The normalized spacial score (nSPS) is 39.7. The summed E-state index contributed by atoms with van der Waals surface area (Å²) >= 11 is 0. The molecular formula is C19H32N2O11. The van der Waals surface area contributed by atoms with E-state index in [0.29, 0.717) is 5.70 Å². The quantitative estimate of drug-likeness (QED) is 0.230. The number of alkyl carbamates (subject to hydrolysis) is 1. The van der Waals surface area contributed by atoms with Gasteiger partial charge in [-0.15, -0.1) is 0 Å². The maximum atomic E-state index is 11.6. The van der Waals surface area contributed by atoms with Gasteiger partial charge in [0, 0.05) is 19.9 Å². The molecule has 0 aromatic rings. The second-order valence-electron chi connectivity index (χ2n) is 7.71. The maximum absolute atomic E-state index is 11.6. The van der Waals surface area contributed by atoms with Crippen LogP contribution in [0.15, 0.2) is 12.3 Å². The van der Waals surface area contributed by atoms with Crippen molar-refractivity contribution >= 4 is 12.1 Å². The lowest BCUT2D eigenvalue weighted by atomic mass is 9.92. The molecule has 0 spiro atoms. The number of hydrogen-bond acceptors (Lipinski definition) is 11. The summed E-state index contributed by atoms with van der Waals surface area (Å²) in [5.74, 6) is -1.43. The first-order valence-corrected chi connectivity index (χ1v) is 10.0. The van der Waals surface area contributed by atoms with E-state index in [1.54, 1.807) is 13.8 Å². The van der Waals surface area contributed by atoms with Crippen LogP contribution in [-0.4, -0.2) is 114 Å². The Morgan fingerprint density at radius 3 is 2.28 bits per heavy atom. The molecule has 0 aliphatic carbocycles. The van der Waals surface area contributed by atoms with Crippen molar-refractivity contribution in [3.05, 3.63) is 12.3 Å². The molecule has 2 aliphatic rings. The third kappa shape index (κ3) is 5.86. The Labute approximate surface area is 185 Å². The summed E-state index contributed by atoms with van der Waals surface area (Å²) in [4.78, 5) is 23.0. The van der Waals surface area contributed by atoms with E-state index < -0.39 is 73.2 Å². The Morgan fingerprint density at radius 1 is 1.09 bits per heavy atom. The Hall–Kier alpha value is -2.00. The Kier molecular flexibility index (Phi) is 9.21. The highest BCUT2D eigenvalue weighted by molar-refractivity contribution is 5.73. The molecule has 184 valence electrons. The lowest BCUT2D eigenvalue weighted by Crippen LogP contribution is -2.67. The Morgan fingerprint density at radius 2 is 1.75 bits per heavy atom. The fourth-order valence-electron chi connectivity index (χ4n) is 3.72. The predicted octanol–water partition coefficient (Wildman–Crippen LogP) is -2.09. The first kappa shape index (κ1) is 26.3. The van der Waals surface area contributed by atoms with E-state index in [0.717, 1.165) is 0 Å². The molecule has 2 heterocycles. The van der Waals surface area contributed by atoms with Gasteiger partial charge >= 0.3 is 12.1 Å². The number of aliphatic hydroxyl groups is 3. The van der Waals surface area contributed by atoms with Crippen LogP contribution in [0.3, 0.4) is 0 Å². The van der Waals surface area contributed by atoms with Gasteiger partial charge in [0.05, 0.1) is 12.1 Å². The van der Waals surface area contributed by atoms with E-state index in [2.05, 4.69) is 17.2 Å². The zero-order valence-corrected chi connectivity index (χ0v) is 18.3. The van der Waals surface area contributed by atoms with Crippen LogP contribution in [0.1, 0.15) is 13.8 Å². The first-order valence-electron chi connectivity index (χ1n) is 10.0. The highest BCUT2D eigenvalue weighted by atomic mass is 16.7. The molecule has 6 N–H and O–H groups in total. The van der Waals surface area contributed by atoms with Crippen molar-refractivity contribution in [3.63, 3.8) is 0 Å². The van der Waals surface area contributed by atoms with E-state index in [9.17, 15) is 30.0 Å². The van der Waals surface area contributed by atoms with Crippen LogP contribution in [0.4, 0.5) is 4.79 Å². The molecule has 13 heteroatoms. The van der Waals surface area contributed by atoms with Gasteiger partial charge in [-0.3, -0.25) is 0 Å². The van der Waals surface area contributed by atoms with Crippen LogP contribution in [0.25, 0.3) is 0 Å². The summed E-state index contributed by atoms with van der Waals surface area (Å²) in [5, 5.41) is 46.4. The van der Waals surface area contributed by atoms with Crippen molar-refractivity contribution < 1.29 is 53.7 Å². The number of amides is 1. The van der Waals surface area contributed by atoms with Crippen LogP contribution >= 0.6 is 0 Å². The number of carboxylic acid groups (broad SMARTS) is 1. The zero-order valence-electron chi connectivity index (χ0n) is 18.3. The highest BCUT2D eigenvalue weighted by Crippen LogP contribution is 2.30. The number of ether oxygens (including phenoxy) is 5. The van der Waals surface area contributed by atoms with Gasteiger partial charge < -0.3 is 54.7 Å². The molecule has 1 amide bonds. The number of aliphatic carboxylic acids is 1. The minimum Gasteiger partial charge on any atom is -0.479 e. The van der Waals surface area contributed by atoms with Crippen LogP contribution in [0, 0.1) is 0 Å². The summed E-state index contributed by atoms with van der Waals surface area (Å²) in [6, 6.07) is -0.699. The van der Waals surface area contributed by atoms with E-state index >= 15 is 0 Å². The monoisotopic (exact) mass is 464 g/mol. The fourth-order valence-corrected chi connectivity index (χ4v) is 3.72. The minimum atomic E-state index is -1.67. The molecule has 10 atom stereocenters. The van der Waals surface area contributed by atoms with Crippen molar-refractivity contribution in [2.45, 2.75) is 75.0 Å². The summed E-state index contributed by atoms with van der Waals surface area (Å²) in [6.07, 6.45) is -12.7. The second-order valence-corrected chi connectivity index (χ2v) is 7.71. The third-order valence-corrected chi connectivity index (χ3v) is 5.31. The number of carbonyl (C=O) groups excluding carboxylic acids is 1. The number of methoxy groups -OCH3 is 1. The van der Waals surface area contributed by atoms with Gasteiger partial charge in [0.2, 0.25) is 0 Å². The van der Waals surface area contributed by atoms with Gasteiger partial charge in [-0.2, -0.15) is 0 Å². The lowest BCUT2D eigenvalue weighted by molar-refractivity contribution is -0.327. The lowest BCUT2D eigenvalue weighted by Gasteiger charge is -2.47. The van der Waals surface area contributed by atoms with Crippen molar-refractivity contribution in [2.75, 3.05) is 20.8 Å². The molecule has 0 aromatic carbocycles. The molecule has 0 bridgehead atoms. The van der Waals surface area contributed by atoms with Crippen LogP contribution in [0.5, 0.6) is 0 Å². The average molecular weight is 464 g/mol. The molecule has 2 saturated heterocycles. The van der Waals surface area contributed by atoms with E-state index in [1.165, 1.54) is 14.2 Å². The summed E-state index contributed by atoms with van der Waals surface area (Å²) in [5.41, 5.74) is 0.527. The topological polar surface area (TPSA) is 185 Å². The smallest absolute Gasteiger partial charge is 0.406 e.